The van der Waals surface area contributed by atoms with E-state index >= 15 is 0 Å². The Labute approximate surface area is 120 Å². The van der Waals surface area contributed by atoms with Crippen molar-refractivity contribution in [1.29, 1.82) is 0 Å². The van der Waals surface area contributed by atoms with Gasteiger partial charge in [0.2, 0.25) is 0 Å². The number of nitrogens with zero attached hydrogens (tertiary/aromatic N) is 1. The zero-order chi connectivity index (χ0) is 15.0. The first-order valence-corrected chi connectivity index (χ1v) is 6.34. The molecule has 5 heteroatoms. The molecule has 3 rings (SSSR count). The average Bonchev–Trinajstić information content (AvgIpc) is 2.83. The molecule has 0 atom stereocenters. The molecule has 0 aliphatic carbocycles. The first kappa shape index (κ1) is 13.3. The van der Waals surface area contributed by atoms with Crippen LogP contribution in [0.2, 0.25) is 0 Å². The lowest BCUT2D eigenvalue weighted by atomic mass is 10.00. The molecule has 21 heavy (non-hydrogen) atoms. The molecule has 0 saturated heterocycles. The van der Waals surface area contributed by atoms with Gasteiger partial charge < -0.3 is 10.3 Å². The highest BCUT2D eigenvalue weighted by atomic mass is 19.2. The third-order valence-corrected chi connectivity index (χ3v) is 3.22. The lowest BCUT2D eigenvalue weighted by Crippen LogP contribution is -1.92. The minimum Gasteiger partial charge on any atom is -0.380 e. The van der Waals surface area contributed by atoms with Crippen LogP contribution in [0.3, 0.4) is 0 Å². The molecule has 0 bridgehead atoms. The molecule has 3 nitrogen and oxygen atoms in total. The lowest BCUT2D eigenvalue weighted by Gasteiger charge is -2.05. The second-order valence-corrected chi connectivity index (χ2v) is 4.74. The maximum atomic E-state index is 14.0. The van der Waals surface area contributed by atoms with E-state index < -0.39 is 11.6 Å². The van der Waals surface area contributed by atoms with Gasteiger partial charge in [-0.05, 0) is 24.6 Å². The summed E-state index contributed by atoms with van der Waals surface area (Å²) >= 11 is 0. The maximum absolute atomic E-state index is 14.0. The van der Waals surface area contributed by atoms with E-state index in [9.17, 15) is 8.78 Å². The summed E-state index contributed by atoms with van der Waals surface area (Å²) in [5, 5.41) is 3.68. The Bertz CT molecular complexity index is 812. The van der Waals surface area contributed by atoms with Gasteiger partial charge in [-0.1, -0.05) is 41.1 Å². The lowest BCUT2D eigenvalue weighted by molar-refractivity contribution is 0.430. The number of nitrogens with two attached hydrogens (primary N) is 1. The van der Waals surface area contributed by atoms with Gasteiger partial charge in [-0.25, -0.2) is 8.78 Å². The van der Waals surface area contributed by atoms with Gasteiger partial charge in [-0.2, -0.15) is 0 Å². The number of nitrogen functional groups attached to an aromatic ring is 1. The number of halogens is 2. The minimum atomic E-state index is -0.984. The van der Waals surface area contributed by atoms with Crippen molar-refractivity contribution in [2.45, 2.75) is 6.92 Å². The van der Waals surface area contributed by atoms with Gasteiger partial charge in [0.25, 0.3) is 0 Å². The molecular formula is C16H12F2N2O. The van der Waals surface area contributed by atoms with E-state index in [1.165, 1.54) is 12.1 Å². The van der Waals surface area contributed by atoms with Gasteiger partial charge in [0.05, 0.1) is 11.1 Å². The summed E-state index contributed by atoms with van der Waals surface area (Å²) in [5.41, 5.74) is 8.04. The highest BCUT2D eigenvalue weighted by Gasteiger charge is 2.21. The topological polar surface area (TPSA) is 52.0 Å². The standard InChI is InChI=1S/C16H12F2N2O/c1-9-4-2-5-10(8-9)13-15(21-20-16(13)19)11-6-3-7-12(17)14(11)18/h2-8H,1H3,(H2,19,20). The quantitative estimate of drug-likeness (QED) is 0.769. The third kappa shape index (κ3) is 2.27. The van der Waals surface area contributed by atoms with Crippen LogP contribution in [0, 0.1) is 18.6 Å². The van der Waals surface area contributed by atoms with Gasteiger partial charge >= 0.3 is 0 Å². The molecule has 2 aromatic carbocycles. The first-order valence-electron chi connectivity index (χ1n) is 6.34. The highest BCUT2D eigenvalue weighted by Crippen LogP contribution is 2.38. The van der Waals surface area contributed by atoms with E-state index in [1.54, 1.807) is 0 Å². The molecule has 106 valence electrons. The summed E-state index contributed by atoms with van der Waals surface area (Å²) < 4.78 is 32.5. The number of aromatic nitrogens is 1. The first-order chi connectivity index (χ1) is 10.1. The van der Waals surface area contributed by atoms with Crippen LogP contribution < -0.4 is 5.73 Å². The van der Waals surface area contributed by atoms with Gasteiger partial charge in [0, 0.05) is 0 Å². The Hall–Kier alpha value is -2.69. The fourth-order valence-electron chi connectivity index (χ4n) is 2.24. The van der Waals surface area contributed by atoms with E-state index in [-0.39, 0.29) is 17.1 Å². The van der Waals surface area contributed by atoms with E-state index in [2.05, 4.69) is 5.16 Å². The highest BCUT2D eigenvalue weighted by molar-refractivity contribution is 5.86. The largest absolute Gasteiger partial charge is 0.380 e. The van der Waals surface area contributed by atoms with Crippen molar-refractivity contribution >= 4 is 5.82 Å². The Morgan fingerprint density at radius 3 is 2.62 bits per heavy atom. The Morgan fingerprint density at radius 1 is 1.10 bits per heavy atom. The number of hydrogen-bond donors (Lipinski definition) is 1. The molecule has 0 aliphatic heterocycles. The SMILES string of the molecule is Cc1cccc(-c2c(N)noc2-c2cccc(F)c2F)c1. The summed E-state index contributed by atoms with van der Waals surface area (Å²) in [6, 6.07) is 11.4. The van der Waals surface area contributed by atoms with Gasteiger partial charge in [0.1, 0.15) is 0 Å². The van der Waals surface area contributed by atoms with Crippen molar-refractivity contribution in [2.24, 2.45) is 0 Å². The van der Waals surface area contributed by atoms with Crippen LogP contribution >= 0.6 is 0 Å². The Balaban J connectivity index is 2.24. The number of anilines is 1. The van der Waals surface area contributed by atoms with Gasteiger partial charge in [-0.3, -0.25) is 0 Å². The Kier molecular flexibility index (Phi) is 3.17. The number of aryl methyl sites for hydroxylation is 1. The molecule has 0 aliphatic rings. The zero-order valence-corrected chi connectivity index (χ0v) is 11.2. The molecule has 0 saturated carbocycles. The molecule has 0 radical (unpaired) electrons. The van der Waals surface area contributed by atoms with Crippen LogP contribution in [0.5, 0.6) is 0 Å². The molecule has 2 N–H and O–H groups in total. The summed E-state index contributed by atoms with van der Waals surface area (Å²) in [6.45, 7) is 1.93. The van der Waals surface area contributed by atoms with Crippen LogP contribution in [0.15, 0.2) is 47.0 Å². The van der Waals surface area contributed by atoms with Crippen LogP contribution in [0.1, 0.15) is 5.56 Å². The third-order valence-electron chi connectivity index (χ3n) is 3.22. The molecule has 0 spiro atoms. The van der Waals surface area contributed by atoms with Crippen LogP contribution in [0.4, 0.5) is 14.6 Å². The minimum absolute atomic E-state index is 0.00398. The van der Waals surface area contributed by atoms with Crippen molar-refractivity contribution in [3.8, 4) is 22.5 Å². The molecule has 1 heterocycles. The summed E-state index contributed by atoms with van der Waals surface area (Å²) in [6.07, 6.45) is 0. The van der Waals surface area contributed by atoms with Crippen molar-refractivity contribution < 1.29 is 13.3 Å². The van der Waals surface area contributed by atoms with Crippen LogP contribution in [-0.4, -0.2) is 5.16 Å². The van der Waals surface area contributed by atoms with E-state index in [0.717, 1.165) is 17.2 Å². The van der Waals surface area contributed by atoms with Crippen molar-refractivity contribution in [1.82, 2.24) is 5.16 Å². The number of benzene rings is 2. The molecule has 0 amide bonds. The summed E-state index contributed by atoms with van der Waals surface area (Å²) in [5.74, 6) is -1.67. The smallest absolute Gasteiger partial charge is 0.179 e. The van der Waals surface area contributed by atoms with Crippen molar-refractivity contribution in [3.63, 3.8) is 0 Å². The number of rotatable bonds is 2. The fraction of sp³-hybridized carbons (Fsp3) is 0.0625. The van der Waals surface area contributed by atoms with Crippen LogP contribution in [-0.2, 0) is 0 Å². The normalized spacial score (nSPS) is 10.8. The van der Waals surface area contributed by atoms with Crippen molar-refractivity contribution in [2.75, 3.05) is 5.73 Å². The molecule has 0 fully saturated rings. The molecule has 0 unspecified atom stereocenters. The van der Waals surface area contributed by atoms with Gasteiger partial charge in [-0.15, -0.1) is 0 Å². The monoisotopic (exact) mass is 286 g/mol. The van der Waals surface area contributed by atoms with Crippen LogP contribution in [0.25, 0.3) is 22.5 Å². The fourth-order valence-corrected chi connectivity index (χ4v) is 2.24. The summed E-state index contributed by atoms with van der Waals surface area (Å²) in [4.78, 5) is 0. The number of hydrogen-bond acceptors (Lipinski definition) is 3. The van der Waals surface area contributed by atoms with Gasteiger partial charge in [0.15, 0.2) is 23.2 Å². The Morgan fingerprint density at radius 2 is 1.86 bits per heavy atom. The molecule has 1 aromatic heterocycles. The van der Waals surface area contributed by atoms with Crippen molar-refractivity contribution in [3.05, 3.63) is 59.7 Å². The second-order valence-electron chi connectivity index (χ2n) is 4.74. The predicted octanol–water partition coefficient (Wildman–Crippen LogP) is 4.18. The van der Waals surface area contributed by atoms with E-state index in [0.29, 0.717) is 5.56 Å². The second kappa shape index (κ2) is 5.01. The van der Waals surface area contributed by atoms with E-state index in [4.69, 9.17) is 10.3 Å². The molecule has 3 aromatic rings. The average molecular weight is 286 g/mol. The zero-order valence-electron chi connectivity index (χ0n) is 11.2. The van der Waals surface area contributed by atoms with E-state index in [1.807, 2.05) is 31.2 Å². The molecular weight excluding hydrogens is 274 g/mol. The maximum Gasteiger partial charge on any atom is 0.179 e. The summed E-state index contributed by atoms with van der Waals surface area (Å²) in [7, 11) is 0. The predicted molar refractivity (Wildman–Crippen MR) is 76.4 cm³/mol.